The molecule has 1 heterocycles. The van der Waals surface area contributed by atoms with Gasteiger partial charge in [0, 0.05) is 6.42 Å². The van der Waals surface area contributed by atoms with Gasteiger partial charge >= 0.3 is 6.03 Å². The van der Waals surface area contributed by atoms with Gasteiger partial charge in [-0.3, -0.25) is 9.69 Å². The average molecular weight is 431 g/mol. The highest BCUT2D eigenvalue weighted by Gasteiger charge is 2.52. The molecule has 0 radical (unpaired) electrons. The lowest BCUT2D eigenvalue weighted by Gasteiger charge is -2.27. The molecule has 1 fully saturated rings. The molecule has 0 aliphatic carbocycles. The molecule has 0 saturated carbocycles. The Kier molecular flexibility index (Phi) is 6.40. The third kappa shape index (κ3) is 4.44. The molecule has 0 spiro atoms. The molecule has 32 heavy (non-hydrogen) atoms. The average Bonchev–Trinajstić information content (AvgIpc) is 3.06. The normalized spacial score (nSPS) is 17.8. The molecule has 3 aromatic carbocycles. The van der Waals surface area contributed by atoms with Crippen molar-refractivity contribution in [2.45, 2.75) is 18.9 Å². The van der Waals surface area contributed by atoms with E-state index in [9.17, 15) is 9.59 Å². The van der Waals surface area contributed by atoms with Crippen LogP contribution in [0.25, 0.3) is 0 Å². The summed E-state index contributed by atoms with van der Waals surface area (Å²) in [5.74, 6) is 1.15. The summed E-state index contributed by atoms with van der Waals surface area (Å²) in [4.78, 5) is 27.7. The van der Waals surface area contributed by atoms with Gasteiger partial charge < -0.3 is 14.8 Å². The molecule has 4 rings (SSSR count). The van der Waals surface area contributed by atoms with E-state index >= 15 is 0 Å². The van der Waals surface area contributed by atoms with Gasteiger partial charge in [0.2, 0.25) is 0 Å². The van der Waals surface area contributed by atoms with E-state index in [1.54, 1.807) is 12.1 Å². The van der Waals surface area contributed by atoms with Crippen LogP contribution in [0.5, 0.6) is 11.5 Å². The second-order valence-corrected chi connectivity index (χ2v) is 7.57. The lowest BCUT2D eigenvalue weighted by molar-refractivity contribution is -0.131. The number of benzene rings is 3. The minimum absolute atomic E-state index is 0.154. The van der Waals surface area contributed by atoms with Crippen LogP contribution in [0.2, 0.25) is 0 Å². The third-order valence-corrected chi connectivity index (χ3v) is 5.47. The second-order valence-electron chi connectivity index (χ2n) is 7.57. The summed E-state index contributed by atoms with van der Waals surface area (Å²) >= 11 is 0. The molecule has 0 aromatic heterocycles. The zero-order chi connectivity index (χ0) is 22.4. The first-order valence-electron chi connectivity index (χ1n) is 10.7. The molecule has 1 aliphatic rings. The fourth-order valence-corrected chi connectivity index (χ4v) is 3.92. The topological polar surface area (TPSA) is 67.9 Å². The number of hydrogen-bond donors (Lipinski definition) is 1. The summed E-state index contributed by atoms with van der Waals surface area (Å²) in [5.41, 5.74) is 0.591. The second kappa shape index (κ2) is 9.56. The van der Waals surface area contributed by atoms with Gasteiger partial charge in [-0.05, 0) is 42.3 Å². The maximum Gasteiger partial charge on any atom is 0.325 e. The Balaban J connectivity index is 1.49. The van der Waals surface area contributed by atoms with Crippen LogP contribution < -0.4 is 14.8 Å². The van der Waals surface area contributed by atoms with Crippen LogP contribution in [0.1, 0.15) is 18.1 Å². The first-order chi connectivity index (χ1) is 15.6. The van der Waals surface area contributed by atoms with E-state index in [0.717, 1.165) is 16.9 Å². The Bertz CT molecular complexity index is 1050. The van der Waals surface area contributed by atoms with E-state index in [1.807, 2.05) is 79.7 Å². The summed E-state index contributed by atoms with van der Waals surface area (Å²) in [7, 11) is 0. The maximum atomic E-state index is 13.6. The molecule has 6 nitrogen and oxygen atoms in total. The number of imide groups is 1. The molecule has 6 heteroatoms. The van der Waals surface area contributed by atoms with Crippen LogP contribution >= 0.6 is 0 Å². The number of rotatable bonds is 9. The molecule has 1 atom stereocenters. The van der Waals surface area contributed by atoms with Gasteiger partial charge in [-0.15, -0.1) is 0 Å². The summed E-state index contributed by atoms with van der Waals surface area (Å²) in [6, 6.07) is 26.0. The fourth-order valence-electron chi connectivity index (χ4n) is 3.92. The van der Waals surface area contributed by atoms with Gasteiger partial charge in [0.1, 0.15) is 18.1 Å². The molecule has 3 amide bonds. The van der Waals surface area contributed by atoms with Crippen molar-refractivity contribution < 1.29 is 19.1 Å². The van der Waals surface area contributed by atoms with E-state index in [2.05, 4.69) is 5.32 Å². The van der Waals surface area contributed by atoms with Crippen molar-refractivity contribution in [3.63, 3.8) is 0 Å². The smallest absolute Gasteiger partial charge is 0.325 e. The van der Waals surface area contributed by atoms with Gasteiger partial charge in [-0.1, -0.05) is 60.7 Å². The van der Waals surface area contributed by atoms with Crippen LogP contribution in [0.3, 0.4) is 0 Å². The number of hydrogen-bond acceptors (Lipinski definition) is 4. The van der Waals surface area contributed by atoms with Crippen LogP contribution in [0.4, 0.5) is 4.79 Å². The van der Waals surface area contributed by atoms with E-state index in [-0.39, 0.29) is 19.1 Å². The predicted octanol–water partition coefficient (Wildman–Crippen LogP) is 4.15. The number of amides is 3. The molecule has 1 saturated heterocycles. The Morgan fingerprint density at radius 2 is 1.41 bits per heavy atom. The molecule has 0 bridgehead atoms. The highest BCUT2D eigenvalue weighted by atomic mass is 16.5. The van der Waals surface area contributed by atoms with Crippen molar-refractivity contribution >= 4 is 11.9 Å². The Morgan fingerprint density at radius 1 is 0.812 bits per heavy atom. The SMILES string of the molecule is CCOc1ccc(OCCN2C(=O)N[C@](Cc3ccccc3)(c3ccccc3)C2=O)cc1. The zero-order valence-corrected chi connectivity index (χ0v) is 18.0. The van der Waals surface area contributed by atoms with Crippen molar-refractivity contribution in [2.24, 2.45) is 0 Å². The largest absolute Gasteiger partial charge is 0.494 e. The number of carbonyl (C=O) groups excluding carboxylic acids is 2. The van der Waals surface area contributed by atoms with Gasteiger partial charge in [0.25, 0.3) is 5.91 Å². The third-order valence-electron chi connectivity index (χ3n) is 5.47. The van der Waals surface area contributed by atoms with Crippen LogP contribution in [0.15, 0.2) is 84.9 Å². The lowest BCUT2D eigenvalue weighted by atomic mass is 9.83. The van der Waals surface area contributed by atoms with Gasteiger partial charge in [0.05, 0.1) is 13.2 Å². The van der Waals surface area contributed by atoms with Crippen LogP contribution in [0, 0.1) is 0 Å². The highest BCUT2D eigenvalue weighted by molar-refractivity contribution is 6.07. The van der Waals surface area contributed by atoms with E-state index < -0.39 is 11.6 Å². The predicted molar refractivity (Wildman–Crippen MR) is 122 cm³/mol. The number of nitrogens with one attached hydrogen (secondary N) is 1. The van der Waals surface area contributed by atoms with E-state index in [1.165, 1.54) is 4.90 Å². The minimum atomic E-state index is -1.14. The van der Waals surface area contributed by atoms with Crippen molar-refractivity contribution in [3.05, 3.63) is 96.1 Å². The quantitative estimate of drug-likeness (QED) is 0.518. The lowest BCUT2D eigenvalue weighted by Crippen LogP contribution is -2.46. The molecule has 3 aromatic rings. The Morgan fingerprint density at radius 3 is 2.03 bits per heavy atom. The molecule has 1 N–H and O–H groups in total. The molecular weight excluding hydrogens is 404 g/mol. The Hall–Kier alpha value is -3.80. The molecular formula is C26H26N2O4. The van der Waals surface area contributed by atoms with Crippen LogP contribution in [-0.2, 0) is 16.8 Å². The first-order valence-corrected chi connectivity index (χ1v) is 10.7. The zero-order valence-electron chi connectivity index (χ0n) is 18.0. The summed E-state index contributed by atoms with van der Waals surface area (Å²) in [5, 5.41) is 2.97. The standard InChI is InChI=1S/C26H26N2O4/c1-2-31-22-13-15-23(16-14-22)32-18-17-28-24(29)26(27-25(28)30,21-11-7-4-8-12-21)19-20-9-5-3-6-10-20/h3-16H,2,17-19H2,1H3,(H,27,30)/t26-/m1/s1. The monoisotopic (exact) mass is 430 g/mol. The summed E-state index contributed by atoms with van der Waals surface area (Å²) in [6.07, 6.45) is 0.374. The van der Waals surface area contributed by atoms with E-state index in [4.69, 9.17) is 9.47 Å². The first kappa shape index (κ1) is 21.4. The van der Waals surface area contributed by atoms with Crippen molar-refractivity contribution in [2.75, 3.05) is 19.8 Å². The van der Waals surface area contributed by atoms with Gasteiger partial charge in [0.15, 0.2) is 5.54 Å². The van der Waals surface area contributed by atoms with Crippen molar-refractivity contribution in [1.29, 1.82) is 0 Å². The number of urea groups is 1. The summed E-state index contributed by atoms with van der Waals surface area (Å²) < 4.78 is 11.2. The Labute approximate surface area is 187 Å². The minimum Gasteiger partial charge on any atom is -0.494 e. The van der Waals surface area contributed by atoms with E-state index in [0.29, 0.717) is 18.8 Å². The highest BCUT2D eigenvalue weighted by Crippen LogP contribution is 2.33. The molecule has 164 valence electrons. The summed E-state index contributed by atoms with van der Waals surface area (Å²) in [6.45, 7) is 2.87. The van der Waals surface area contributed by atoms with Gasteiger partial charge in [-0.25, -0.2) is 4.79 Å². The van der Waals surface area contributed by atoms with Gasteiger partial charge in [-0.2, -0.15) is 0 Å². The van der Waals surface area contributed by atoms with Crippen molar-refractivity contribution in [1.82, 2.24) is 10.2 Å². The van der Waals surface area contributed by atoms with Crippen LogP contribution in [-0.4, -0.2) is 36.6 Å². The fraction of sp³-hybridized carbons (Fsp3) is 0.231. The molecule has 1 aliphatic heterocycles. The number of ether oxygens (including phenoxy) is 2. The molecule has 0 unspecified atom stereocenters. The number of nitrogens with zero attached hydrogens (tertiary/aromatic N) is 1. The maximum absolute atomic E-state index is 13.6. The van der Waals surface area contributed by atoms with Crippen molar-refractivity contribution in [3.8, 4) is 11.5 Å². The number of carbonyl (C=O) groups is 2.